The Morgan fingerprint density at radius 1 is 1.16 bits per heavy atom. The smallest absolute Gasteiger partial charge is 0.268 e. The summed E-state index contributed by atoms with van der Waals surface area (Å²) in [5, 5.41) is 0.106. The molecule has 31 heavy (non-hydrogen) atoms. The molecule has 8 heteroatoms. The van der Waals surface area contributed by atoms with E-state index in [0.29, 0.717) is 16.8 Å². The molecule has 0 bridgehead atoms. The topological polar surface area (TPSA) is 88.8 Å². The molecule has 0 saturated heterocycles. The molecule has 166 valence electrons. The number of pyridine rings is 2. The van der Waals surface area contributed by atoms with Crippen LogP contribution in [0.4, 0.5) is 8.78 Å². The van der Waals surface area contributed by atoms with Crippen LogP contribution >= 0.6 is 11.6 Å². The van der Waals surface area contributed by atoms with Crippen molar-refractivity contribution in [3.8, 4) is 0 Å². The van der Waals surface area contributed by atoms with Gasteiger partial charge in [-0.05, 0) is 37.0 Å². The molecule has 3 aromatic rings. The molecule has 5 nitrogen and oxygen atoms in total. The van der Waals surface area contributed by atoms with Crippen LogP contribution in [0.3, 0.4) is 0 Å². The Morgan fingerprint density at radius 2 is 1.84 bits per heavy atom. The fourth-order valence-electron chi connectivity index (χ4n) is 3.52. The first kappa shape index (κ1) is 24.5. The first-order valence-corrected chi connectivity index (χ1v) is 10.7. The molecule has 1 fully saturated rings. The summed E-state index contributed by atoms with van der Waals surface area (Å²) in [4.78, 5) is 30.9. The lowest BCUT2D eigenvalue weighted by Gasteiger charge is -2.21. The zero-order valence-electron chi connectivity index (χ0n) is 17.6. The molecule has 0 unspecified atom stereocenters. The van der Waals surface area contributed by atoms with Crippen LogP contribution in [0.25, 0.3) is 10.9 Å². The number of fused-ring (bicyclic) bond motifs is 1. The van der Waals surface area contributed by atoms with Gasteiger partial charge in [0.25, 0.3) is 5.91 Å². The number of aromatic nitrogens is 2. The second-order valence-corrected chi connectivity index (χ2v) is 7.31. The van der Waals surface area contributed by atoms with Gasteiger partial charge in [0.05, 0.1) is 15.9 Å². The summed E-state index contributed by atoms with van der Waals surface area (Å²) in [6, 6.07) is 6.98. The van der Waals surface area contributed by atoms with Crippen molar-refractivity contribution in [1.82, 2.24) is 9.97 Å². The van der Waals surface area contributed by atoms with E-state index in [1.807, 2.05) is 13.8 Å². The predicted molar refractivity (Wildman–Crippen MR) is 119 cm³/mol. The molecule has 2 aromatic heterocycles. The molecule has 1 amide bonds. The Morgan fingerprint density at radius 3 is 2.42 bits per heavy atom. The maximum atomic E-state index is 12.3. The zero-order valence-corrected chi connectivity index (χ0v) is 18.3. The molecule has 2 heterocycles. The molecule has 3 N–H and O–H groups in total. The van der Waals surface area contributed by atoms with E-state index in [0.717, 1.165) is 24.6 Å². The van der Waals surface area contributed by atoms with Gasteiger partial charge in [0, 0.05) is 18.0 Å². The maximum Gasteiger partial charge on any atom is 0.268 e. The van der Waals surface area contributed by atoms with Gasteiger partial charge in [0.15, 0.2) is 17.1 Å². The zero-order chi connectivity index (χ0) is 23.0. The number of amides is 1. The highest BCUT2D eigenvalue weighted by Crippen LogP contribution is 2.31. The molecule has 1 aromatic carbocycles. The third kappa shape index (κ3) is 6.10. The van der Waals surface area contributed by atoms with E-state index in [1.54, 1.807) is 12.1 Å². The number of aromatic amines is 1. The number of nitrogens with two attached hydrogens (primary N) is 1. The van der Waals surface area contributed by atoms with Crippen molar-refractivity contribution < 1.29 is 13.6 Å². The Kier molecular flexibility index (Phi) is 9.12. The van der Waals surface area contributed by atoms with E-state index in [2.05, 4.69) is 9.97 Å². The number of nitrogens with one attached hydrogen (secondary N) is 1. The summed E-state index contributed by atoms with van der Waals surface area (Å²) in [6.45, 7) is 4.00. The van der Waals surface area contributed by atoms with Crippen molar-refractivity contribution in [1.29, 1.82) is 0 Å². The van der Waals surface area contributed by atoms with E-state index in [4.69, 9.17) is 17.3 Å². The van der Waals surface area contributed by atoms with Crippen LogP contribution in [0.5, 0.6) is 0 Å². The molecule has 0 radical (unpaired) electrons. The van der Waals surface area contributed by atoms with Crippen LogP contribution in [-0.2, 0) is 0 Å². The highest BCUT2D eigenvalue weighted by molar-refractivity contribution is 6.30. The summed E-state index contributed by atoms with van der Waals surface area (Å²) in [5.74, 6) is -2.17. The van der Waals surface area contributed by atoms with Crippen molar-refractivity contribution in [2.45, 2.75) is 51.9 Å². The Balaban J connectivity index is 0.000000261. The van der Waals surface area contributed by atoms with Gasteiger partial charge in [-0.25, -0.2) is 8.78 Å². The number of nitrogens with zero attached hydrogens (tertiary/aromatic N) is 1. The Hall–Kier alpha value is -2.80. The summed E-state index contributed by atoms with van der Waals surface area (Å²) in [6.07, 6.45) is 7.39. The Bertz CT molecular complexity index is 1080. The molecule has 1 aliphatic rings. The highest BCUT2D eigenvalue weighted by atomic mass is 35.5. The minimum atomic E-state index is -0.987. The van der Waals surface area contributed by atoms with Gasteiger partial charge < -0.3 is 10.7 Å². The van der Waals surface area contributed by atoms with Gasteiger partial charge in [0.2, 0.25) is 0 Å². The molecule has 0 atom stereocenters. The number of primary amides is 1. The molecule has 0 spiro atoms. The number of benzene rings is 1. The largest absolute Gasteiger partial charge is 0.364 e. The fourth-order valence-corrected chi connectivity index (χ4v) is 3.68. The number of H-pyrrole nitrogens is 1. The van der Waals surface area contributed by atoms with Crippen LogP contribution < -0.4 is 11.2 Å². The van der Waals surface area contributed by atoms with Gasteiger partial charge in [-0.1, -0.05) is 50.8 Å². The number of carbonyl (C=O) groups excluding carboxylic acids is 1. The molecule has 4 rings (SSSR count). The number of hydrogen-bond donors (Lipinski definition) is 2. The summed E-state index contributed by atoms with van der Waals surface area (Å²) in [5.41, 5.74) is 6.74. The molecule has 0 aliphatic heterocycles. The second-order valence-electron chi connectivity index (χ2n) is 6.91. The van der Waals surface area contributed by atoms with Crippen LogP contribution in [0.15, 0.2) is 41.3 Å². The summed E-state index contributed by atoms with van der Waals surface area (Å²) in [7, 11) is 0. The van der Waals surface area contributed by atoms with Gasteiger partial charge >= 0.3 is 0 Å². The van der Waals surface area contributed by atoms with Crippen molar-refractivity contribution in [2.75, 3.05) is 0 Å². The van der Waals surface area contributed by atoms with Crippen molar-refractivity contribution in [3.05, 3.63) is 74.8 Å². The van der Waals surface area contributed by atoms with E-state index < -0.39 is 17.5 Å². The number of carbonyl (C=O) groups is 1. The van der Waals surface area contributed by atoms with Gasteiger partial charge in [-0.3, -0.25) is 14.6 Å². The lowest BCUT2D eigenvalue weighted by molar-refractivity contribution is 0.0997. The lowest BCUT2D eigenvalue weighted by atomic mass is 9.86. The molecule has 1 aliphatic carbocycles. The third-order valence-corrected chi connectivity index (χ3v) is 5.24. The average Bonchev–Trinajstić information content (AvgIpc) is 2.79. The Labute approximate surface area is 184 Å². The number of halogens is 3. The first-order chi connectivity index (χ1) is 14.9. The van der Waals surface area contributed by atoms with E-state index in [-0.39, 0.29) is 16.1 Å². The van der Waals surface area contributed by atoms with Crippen LogP contribution in [0.1, 0.15) is 68.1 Å². The SMILES string of the molecule is CC.Fc1cccc(Cl)c1F.NC(=O)c1nccc2[nH]c(C3CCCCC3)cc(=O)c12. The van der Waals surface area contributed by atoms with E-state index in [1.165, 1.54) is 37.6 Å². The van der Waals surface area contributed by atoms with Gasteiger partial charge in [-0.2, -0.15) is 0 Å². The van der Waals surface area contributed by atoms with E-state index in [9.17, 15) is 18.4 Å². The minimum Gasteiger partial charge on any atom is -0.364 e. The maximum absolute atomic E-state index is 12.3. The third-order valence-electron chi connectivity index (χ3n) is 4.95. The summed E-state index contributed by atoms with van der Waals surface area (Å²) >= 11 is 5.20. The van der Waals surface area contributed by atoms with Crippen molar-refractivity contribution in [3.63, 3.8) is 0 Å². The second kappa shape index (κ2) is 11.6. The monoisotopic (exact) mass is 449 g/mol. The van der Waals surface area contributed by atoms with Crippen LogP contribution in [0.2, 0.25) is 5.02 Å². The van der Waals surface area contributed by atoms with E-state index >= 15 is 0 Å². The van der Waals surface area contributed by atoms with Gasteiger partial charge in [-0.15, -0.1) is 0 Å². The molecular weight excluding hydrogens is 424 g/mol. The molecular formula is C23H26ClF2N3O2. The molecule has 1 saturated carbocycles. The normalized spacial score (nSPS) is 13.6. The lowest BCUT2D eigenvalue weighted by Crippen LogP contribution is -2.19. The van der Waals surface area contributed by atoms with Crippen LogP contribution in [-0.4, -0.2) is 15.9 Å². The van der Waals surface area contributed by atoms with Crippen molar-refractivity contribution >= 4 is 28.4 Å². The highest BCUT2D eigenvalue weighted by Gasteiger charge is 2.19. The summed E-state index contributed by atoms with van der Waals surface area (Å²) < 4.78 is 24.3. The minimum absolute atomic E-state index is 0.0407. The number of hydrogen-bond acceptors (Lipinski definition) is 3. The van der Waals surface area contributed by atoms with Crippen molar-refractivity contribution in [2.24, 2.45) is 5.73 Å². The average molecular weight is 450 g/mol. The first-order valence-electron chi connectivity index (χ1n) is 10.3. The standard InChI is InChI=1S/C15H17N3O2.C6H3ClF2.C2H6/c16-15(20)14-13-10(6-7-17-14)18-11(8-12(13)19)9-4-2-1-3-5-9;7-4-2-1-3-5(8)6(4)9;1-2/h6-9H,1-5H2,(H2,16,20)(H,18,19);1-3H;1-2H3. The van der Waals surface area contributed by atoms with Gasteiger partial charge in [0.1, 0.15) is 5.69 Å². The predicted octanol–water partition coefficient (Wildman–Crippen LogP) is 5.71. The fraction of sp³-hybridized carbons (Fsp3) is 0.348. The number of rotatable bonds is 2. The van der Waals surface area contributed by atoms with Crippen LogP contribution in [0, 0.1) is 11.6 Å². The quantitative estimate of drug-likeness (QED) is 0.491.